The van der Waals surface area contributed by atoms with Gasteiger partial charge in [-0.15, -0.1) is 0 Å². The zero-order chi connectivity index (χ0) is 25.3. The van der Waals surface area contributed by atoms with Gasteiger partial charge in [0.15, 0.2) is 11.5 Å². The molecule has 0 saturated heterocycles. The molecule has 0 amide bonds. The lowest BCUT2D eigenvalue weighted by atomic mass is 10.1. The molecule has 2 aromatic heterocycles. The fraction of sp³-hybridized carbons (Fsp3) is 0.0476. The summed E-state index contributed by atoms with van der Waals surface area (Å²) >= 11 is 12.5. The molecule has 0 aliphatic heterocycles. The molecule has 0 saturated carbocycles. The van der Waals surface area contributed by atoms with Gasteiger partial charge in [0.05, 0.1) is 27.6 Å². The van der Waals surface area contributed by atoms with E-state index in [1.807, 2.05) is 4.98 Å². The van der Waals surface area contributed by atoms with E-state index in [2.05, 4.69) is 15.1 Å². The molecule has 0 aliphatic rings. The number of rotatable bonds is 6. The molecule has 0 bridgehead atoms. The van der Waals surface area contributed by atoms with Crippen LogP contribution in [0.15, 0.2) is 52.2 Å². The molecular weight excluding hydrogens is 508 g/mol. The minimum absolute atomic E-state index is 0.0558. The second-order valence-corrected chi connectivity index (χ2v) is 7.77. The van der Waals surface area contributed by atoms with Gasteiger partial charge in [-0.2, -0.15) is 19.7 Å². The van der Waals surface area contributed by atoms with Gasteiger partial charge >= 0.3 is 17.7 Å². The average Bonchev–Trinajstić information content (AvgIpc) is 2.79. The SMILES string of the molecule is O=C(O)c1nn(-c2cc(Cl)c(Oc3ncc(O)c(Cc4ccc(F)cc4)n3)c(Cl)c2)c(=O)[nH]c1=O. The Morgan fingerprint density at radius 2 is 1.80 bits per heavy atom. The van der Waals surface area contributed by atoms with Gasteiger partial charge in [-0.3, -0.25) is 9.78 Å². The molecule has 0 unspecified atom stereocenters. The highest BCUT2D eigenvalue weighted by Crippen LogP contribution is 2.37. The average molecular weight is 520 g/mol. The number of aromatic amines is 1. The van der Waals surface area contributed by atoms with Crippen LogP contribution in [0.4, 0.5) is 4.39 Å². The summed E-state index contributed by atoms with van der Waals surface area (Å²) in [6.07, 6.45) is 1.26. The number of aromatic hydroxyl groups is 1. The van der Waals surface area contributed by atoms with Crippen LogP contribution in [-0.2, 0) is 6.42 Å². The van der Waals surface area contributed by atoms with Crippen molar-refractivity contribution in [2.45, 2.75) is 6.42 Å². The van der Waals surface area contributed by atoms with E-state index in [0.717, 1.165) is 6.20 Å². The van der Waals surface area contributed by atoms with Crippen LogP contribution in [0.5, 0.6) is 17.5 Å². The number of ether oxygens (including phenoxy) is 1. The van der Waals surface area contributed by atoms with E-state index in [4.69, 9.17) is 33.0 Å². The van der Waals surface area contributed by atoms with E-state index in [1.165, 1.54) is 36.4 Å². The largest absolute Gasteiger partial charge is 0.504 e. The Morgan fingerprint density at radius 1 is 1.14 bits per heavy atom. The summed E-state index contributed by atoms with van der Waals surface area (Å²) in [6.45, 7) is 0. The third-order valence-corrected chi connectivity index (χ3v) is 5.12. The number of carbonyl (C=O) groups is 1. The van der Waals surface area contributed by atoms with Crippen LogP contribution in [-0.4, -0.2) is 40.9 Å². The van der Waals surface area contributed by atoms with Gasteiger partial charge in [0.1, 0.15) is 5.82 Å². The smallest absolute Gasteiger partial charge is 0.362 e. The van der Waals surface area contributed by atoms with E-state index < -0.39 is 28.7 Å². The number of nitrogens with zero attached hydrogens (tertiary/aromatic N) is 4. The van der Waals surface area contributed by atoms with Gasteiger partial charge in [-0.25, -0.2) is 14.0 Å². The molecular formula is C21H12Cl2FN5O6. The zero-order valence-electron chi connectivity index (χ0n) is 17.2. The standard InChI is InChI=1S/C21H12Cl2FN5O6/c22-12-6-11(29-21(34)27-18(31)16(28-29)19(32)33)7-13(23)17(12)35-20-25-8-15(30)14(26-20)5-9-1-3-10(24)4-2-9/h1-4,6-8,30H,5H2,(H,32,33)(H,27,31,34). The predicted octanol–water partition coefficient (Wildman–Crippen LogP) is 2.94. The first-order valence-electron chi connectivity index (χ1n) is 9.56. The molecule has 178 valence electrons. The molecule has 2 heterocycles. The monoisotopic (exact) mass is 519 g/mol. The summed E-state index contributed by atoms with van der Waals surface area (Å²) in [5, 5.41) is 22.4. The molecule has 0 spiro atoms. The molecule has 4 rings (SSSR count). The van der Waals surface area contributed by atoms with Crippen molar-refractivity contribution in [1.82, 2.24) is 24.7 Å². The van der Waals surface area contributed by atoms with Gasteiger partial charge in [0, 0.05) is 6.42 Å². The number of aromatic nitrogens is 5. The van der Waals surface area contributed by atoms with Crippen LogP contribution in [0.2, 0.25) is 10.0 Å². The third-order valence-electron chi connectivity index (χ3n) is 4.56. The van der Waals surface area contributed by atoms with Crippen molar-refractivity contribution in [3.8, 4) is 23.2 Å². The summed E-state index contributed by atoms with van der Waals surface area (Å²) in [5.74, 6) is -2.37. The van der Waals surface area contributed by atoms with Crippen molar-refractivity contribution in [3.05, 3.63) is 96.2 Å². The maximum Gasteiger partial charge on any atom is 0.362 e. The van der Waals surface area contributed by atoms with Crippen molar-refractivity contribution in [1.29, 1.82) is 0 Å². The maximum absolute atomic E-state index is 13.1. The summed E-state index contributed by atoms with van der Waals surface area (Å²) in [5.41, 5.74) is -2.30. The zero-order valence-corrected chi connectivity index (χ0v) is 18.7. The molecule has 3 N–H and O–H groups in total. The second kappa shape index (κ2) is 9.52. The lowest BCUT2D eigenvalue weighted by molar-refractivity contribution is 0.0685. The number of hydrogen-bond acceptors (Lipinski definition) is 8. The minimum Gasteiger partial charge on any atom is -0.504 e. The van der Waals surface area contributed by atoms with Crippen molar-refractivity contribution in [3.63, 3.8) is 0 Å². The van der Waals surface area contributed by atoms with E-state index in [-0.39, 0.29) is 45.4 Å². The Bertz CT molecular complexity index is 1550. The molecule has 4 aromatic rings. The lowest BCUT2D eigenvalue weighted by Gasteiger charge is -2.12. The molecule has 35 heavy (non-hydrogen) atoms. The molecule has 0 fully saturated rings. The molecule has 0 aliphatic carbocycles. The first-order valence-corrected chi connectivity index (χ1v) is 10.3. The highest BCUT2D eigenvalue weighted by molar-refractivity contribution is 6.37. The lowest BCUT2D eigenvalue weighted by Crippen LogP contribution is -2.35. The number of hydrogen-bond donors (Lipinski definition) is 3. The maximum atomic E-state index is 13.1. The predicted molar refractivity (Wildman–Crippen MR) is 120 cm³/mol. The Kier molecular flexibility index (Phi) is 6.49. The van der Waals surface area contributed by atoms with E-state index in [9.17, 15) is 23.9 Å². The Balaban J connectivity index is 1.66. The van der Waals surface area contributed by atoms with Gasteiger partial charge < -0.3 is 14.9 Å². The molecule has 11 nitrogen and oxygen atoms in total. The topological polar surface area (TPSA) is 160 Å². The number of aromatic carboxylic acids is 1. The number of benzene rings is 2. The van der Waals surface area contributed by atoms with Crippen LogP contribution in [0.1, 0.15) is 21.7 Å². The molecule has 2 aromatic carbocycles. The van der Waals surface area contributed by atoms with Crippen LogP contribution in [0.25, 0.3) is 5.69 Å². The second-order valence-electron chi connectivity index (χ2n) is 6.95. The first-order chi connectivity index (χ1) is 16.6. The van der Waals surface area contributed by atoms with Crippen molar-refractivity contribution in [2.75, 3.05) is 0 Å². The van der Waals surface area contributed by atoms with E-state index in [0.29, 0.717) is 10.2 Å². The van der Waals surface area contributed by atoms with Crippen molar-refractivity contribution in [2.24, 2.45) is 0 Å². The molecule has 0 atom stereocenters. The molecule has 14 heteroatoms. The normalized spacial score (nSPS) is 10.8. The summed E-state index contributed by atoms with van der Waals surface area (Å²) < 4.78 is 19.3. The fourth-order valence-electron chi connectivity index (χ4n) is 2.94. The van der Waals surface area contributed by atoms with Gasteiger partial charge in [0.25, 0.3) is 5.56 Å². The van der Waals surface area contributed by atoms with Gasteiger partial charge in [-0.1, -0.05) is 35.3 Å². The summed E-state index contributed by atoms with van der Waals surface area (Å²) in [7, 11) is 0. The number of carboxylic acid groups (broad SMARTS) is 1. The quantitative estimate of drug-likeness (QED) is 0.347. The Morgan fingerprint density at radius 3 is 2.43 bits per heavy atom. The number of halogens is 3. The third kappa shape index (κ3) is 5.13. The number of carboxylic acids is 1. The summed E-state index contributed by atoms with van der Waals surface area (Å²) in [6, 6.07) is 7.78. The first kappa shape index (κ1) is 23.9. The Hall–Kier alpha value is -4.29. The fourth-order valence-corrected chi connectivity index (χ4v) is 3.49. The highest BCUT2D eigenvalue weighted by Gasteiger charge is 2.19. The number of nitrogens with one attached hydrogen (secondary N) is 1. The van der Waals surface area contributed by atoms with Gasteiger partial charge in [-0.05, 0) is 29.8 Å². The van der Waals surface area contributed by atoms with Crippen molar-refractivity contribution >= 4 is 29.2 Å². The van der Waals surface area contributed by atoms with Crippen LogP contribution in [0, 0.1) is 5.82 Å². The summed E-state index contributed by atoms with van der Waals surface area (Å²) in [4.78, 5) is 44.8. The minimum atomic E-state index is -1.64. The van der Waals surface area contributed by atoms with Gasteiger partial charge in [0.2, 0.25) is 5.69 Å². The van der Waals surface area contributed by atoms with E-state index in [1.54, 1.807) is 0 Å². The Labute approximate surface area is 204 Å². The van der Waals surface area contributed by atoms with E-state index >= 15 is 0 Å². The highest BCUT2D eigenvalue weighted by atomic mass is 35.5. The molecule has 0 radical (unpaired) electrons. The van der Waals surface area contributed by atoms with Crippen LogP contribution >= 0.6 is 23.2 Å². The van der Waals surface area contributed by atoms with Crippen molar-refractivity contribution < 1.29 is 24.1 Å². The number of H-pyrrole nitrogens is 1. The van der Waals surface area contributed by atoms with Crippen LogP contribution in [0.3, 0.4) is 0 Å². The van der Waals surface area contributed by atoms with Crippen LogP contribution < -0.4 is 16.0 Å².